The predicted molar refractivity (Wildman–Crippen MR) is 75.9 cm³/mol. The summed E-state index contributed by atoms with van der Waals surface area (Å²) in [4.78, 5) is 4.53. The van der Waals surface area contributed by atoms with Gasteiger partial charge in [0.1, 0.15) is 0 Å². The summed E-state index contributed by atoms with van der Waals surface area (Å²) in [5.74, 6) is 0. The molecular formula is C16H24N2O. The van der Waals surface area contributed by atoms with Gasteiger partial charge >= 0.3 is 0 Å². The number of hydrogen-bond acceptors (Lipinski definition) is 3. The fraction of sp³-hybridized carbons (Fsp3) is 0.688. The summed E-state index contributed by atoms with van der Waals surface area (Å²) in [6.45, 7) is 1.26. The number of hydrogen-bond donors (Lipinski definition) is 2. The monoisotopic (exact) mass is 260 g/mol. The van der Waals surface area contributed by atoms with Gasteiger partial charge in [-0.25, -0.2) is 0 Å². The zero-order valence-corrected chi connectivity index (χ0v) is 11.6. The Morgan fingerprint density at radius 1 is 1.32 bits per heavy atom. The Hall–Kier alpha value is -0.930. The van der Waals surface area contributed by atoms with E-state index in [2.05, 4.69) is 16.4 Å². The molecule has 104 valence electrons. The number of nitrogens with zero attached hydrogens (tertiary/aromatic N) is 1. The Labute approximate surface area is 115 Å². The normalized spacial score (nSPS) is 25.2. The first-order chi connectivity index (χ1) is 9.33. The van der Waals surface area contributed by atoms with Crippen molar-refractivity contribution in [2.45, 2.75) is 51.0 Å². The summed E-state index contributed by atoms with van der Waals surface area (Å²) in [5, 5.41) is 13.4. The maximum atomic E-state index is 9.76. The molecular weight excluding hydrogens is 236 g/mol. The summed E-state index contributed by atoms with van der Waals surface area (Å²) in [6.07, 6.45) is 10.4. The van der Waals surface area contributed by atoms with Crippen LogP contribution in [0.25, 0.3) is 0 Å². The lowest BCUT2D eigenvalue weighted by Crippen LogP contribution is -2.40. The molecule has 1 aromatic heterocycles. The molecule has 0 radical (unpaired) electrons. The highest BCUT2D eigenvalue weighted by molar-refractivity contribution is 5.27. The minimum Gasteiger partial charge on any atom is -0.396 e. The lowest BCUT2D eigenvalue weighted by atomic mass is 9.74. The van der Waals surface area contributed by atoms with Crippen LogP contribution in [0, 0.1) is 5.41 Å². The highest BCUT2D eigenvalue weighted by Gasteiger charge is 2.33. The molecule has 0 aromatic carbocycles. The third kappa shape index (κ3) is 2.67. The summed E-state index contributed by atoms with van der Waals surface area (Å²) >= 11 is 0. The van der Waals surface area contributed by atoms with Crippen LogP contribution in [-0.2, 0) is 6.42 Å². The van der Waals surface area contributed by atoms with Crippen molar-refractivity contribution in [3.8, 4) is 0 Å². The molecule has 19 heavy (non-hydrogen) atoms. The molecule has 0 saturated heterocycles. The summed E-state index contributed by atoms with van der Waals surface area (Å²) in [6, 6.07) is 4.60. The van der Waals surface area contributed by atoms with Crippen molar-refractivity contribution in [3.05, 3.63) is 29.6 Å². The van der Waals surface area contributed by atoms with Crippen LogP contribution in [0.1, 0.15) is 55.8 Å². The SMILES string of the molecule is OCC1(CNC2CCc3cccnc32)CCCCC1. The maximum absolute atomic E-state index is 9.76. The van der Waals surface area contributed by atoms with Crippen LogP contribution in [-0.4, -0.2) is 23.2 Å². The molecule has 1 saturated carbocycles. The number of rotatable bonds is 4. The molecule has 0 bridgehead atoms. The number of nitrogens with one attached hydrogen (secondary N) is 1. The Morgan fingerprint density at radius 2 is 2.16 bits per heavy atom. The van der Waals surface area contributed by atoms with Gasteiger partial charge in [-0.3, -0.25) is 4.98 Å². The van der Waals surface area contributed by atoms with Crippen LogP contribution in [0.2, 0.25) is 0 Å². The number of fused-ring (bicyclic) bond motifs is 1. The van der Waals surface area contributed by atoms with Crippen LogP contribution >= 0.6 is 0 Å². The lowest BCUT2D eigenvalue weighted by molar-refractivity contribution is 0.0781. The smallest absolute Gasteiger partial charge is 0.0605 e. The fourth-order valence-electron chi connectivity index (χ4n) is 3.64. The van der Waals surface area contributed by atoms with Gasteiger partial charge in [-0.1, -0.05) is 25.3 Å². The highest BCUT2D eigenvalue weighted by Crippen LogP contribution is 2.37. The van der Waals surface area contributed by atoms with Gasteiger partial charge in [0.05, 0.1) is 11.7 Å². The first kappa shape index (κ1) is 13.1. The zero-order chi connectivity index (χ0) is 13.1. The number of pyridine rings is 1. The van der Waals surface area contributed by atoms with Gasteiger partial charge in [-0.15, -0.1) is 0 Å². The summed E-state index contributed by atoms with van der Waals surface area (Å²) in [7, 11) is 0. The minimum absolute atomic E-state index is 0.121. The number of aromatic nitrogens is 1. The molecule has 2 aliphatic rings. The van der Waals surface area contributed by atoms with Gasteiger partial charge in [0.15, 0.2) is 0 Å². The third-order valence-electron chi connectivity index (χ3n) is 4.93. The molecule has 0 spiro atoms. The highest BCUT2D eigenvalue weighted by atomic mass is 16.3. The van der Waals surface area contributed by atoms with Crippen LogP contribution in [0.5, 0.6) is 0 Å². The number of aliphatic hydroxyl groups excluding tert-OH is 1. The van der Waals surface area contributed by atoms with E-state index < -0.39 is 0 Å². The second-order valence-corrected chi connectivity index (χ2v) is 6.24. The van der Waals surface area contributed by atoms with Crippen molar-refractivity contribution < 1.29 is 5.11 Å². The molecule has 3 rings (SSSR count). The van der Waals surface area contributed by atoms with Crippen molar-refractivity contribution >= 4 is 0 Å². The van der Waals surface area contributed by atoms with Gasteiger partial charge in [0, 0.05) is 24.8 Å². The molecule has 2 N–H and O–H groups in total. The Bertz CT molecular complexity index is 427. The fourth-order valence-corrected chi connectivity index (χ4v) is 3.64. The van der Waals surface area contributed by atoms with Crippen molar-refractivity contribution in [3.63, 3.8) is 0 Å². The van der Waals surface area contributed by atoms with E-state index in [9.17, 15) is 5.11 Å². The van der Waals surface area contributed by atoms with Crippen LogP contribution in [0.4, 0.5) is 0 Å². The predicted octanol–water partition coefficient (Wildman–Crippen LogP) is 2.60. The van der Waals surface area contributed by atoms with E-state index in [0.717, 1.165) is 32.2 Å². The molecule has 1 fully saturated rings. The minimum atomic E-state index is 0.121. The standard InChI is InChI=1S/C16H24N2O/c19-12-16(8-2-1-3-9-16)11-18-14-7-6-13-5-4-10-17-15(13)14/h4-5,10,14,18-19H,1-3,6-9,11-12H2. The van der Waals surface area contributed by atoms with E-state index in [1.54, 1.807) is 0 Å². The average Bonchev–Trinajstić information content (AvgIpc) is 2.89. The van der Waals surface area contributed by atoms with E-state index in [1.807, 2.05) is 12.3 Å². The Balaban J connectivity index is 1.63. The van der Waals surface area contributed by atoms with Gasteiger partial charge in [-0.05, 0) is 37.3 Å². The number of aryl methyl sites for hydroxylation is 1. The first-order valence-corrected chi connectivity index (χ1v) is 7.61. The van der Waals surface area contributed by atoms with E-state index in [4.69, 9.17) is 0 Å². The third-order valence-corrected chi connectivity index (χ3v) is 4.93. The van der Waals surface area contributed by atoms with Crippen molar-refractivity contribution in [2.75, 3.05) is 13.2 Å². The molecule has 2 aliphatic carbocycles. The lowest BCUT2D eigenvalue weighted by Gasteiger charge is -2.36. The van der Waals surface area contributed by atoms with Crippen LogP contribution in [0.15, 0.2) is 18.3 Å². The molecule has 1 unspecified atom stereocenters. The summed E-state index contributed by atoms with van der Waals surface area (Å²) in [5.41, 5.74) is 2.74. The van der Waals surface area contributed by atoms with E-state index >= 15 is 0 Å². The molecule has 3 heteroatoms. The Kier molecular flexibility index (Phi) is 3.85. The van der Waals surface area contributed by atoms with Crippen molar-refractivity contribution in [1.82, 2.24) is 10.3 Å². The van der Waals surface area contributed by atoms with E-state index in [0.29, 0.717) is 12.6 Å². The van der Waals surface area contributed by atoms with Gasteiger partial charge < -0.3 is 10.4 Å². The maximum Gasteiger partial charge on any atom is 0.0605 e. The van der Waals surface area contributed by atoms with E-state index in [-0.39, 0.29) is 5.41 Å². The quantitative estimate of drug-likeness (QED) is 0.874. The van der Waals surface area contributed by atoms with E-state index in [1.165, 1.54) is 30.5 Å². The molecule has 0 amide bonds. The van der Waals surface area contributed by atoms with Gasteiger partial charge in [-0.2, -0.15) is 0 Å². The molecule has 0 aliphatic heterocycles. The molecule has 1 aromatic rings. The number of aliphatic hydroxyl groups is 1. The van der Waals surface area contributed by atoms with Gasteiger partial charge in [0.2, 0.25) is 0 Å². The van der Waals surface area contributed by atoms with Crippen molar-refractivity contribution in [1.29, 1.82) is 0 Å². The topological polar surface area (TPSA) is 45.1 Å². The summed E-state index contributed by atoms with van der Waals surface area (Å²) < 4.78 is 0. The first-order valence-electron chi connectivity index (χ1n) is 7.61. The second kappa shape index (κ2) is 5.59. The molecule has 1 atom stereocenters. The largest absolute Gasteiger partial charge is 0.396 e. The van der Waals surface area contributed by atoms with Crippen molar-refractivity contribution in [2.24, 2.45) is 5.41 Å². The second-order valence-electron chi connectivity index (χ2n) is 6.24. The van der Waals surface area contributed by atoms with Gasteiger partial charge in [0.25, 0.3) is 0 Å². The Morgan fingerprint density at radius 3 is 2.95 bits per heavy atom. The zero-order valence-electron chi connectivity index (χ0n) is 11.6. The average molecular weight is 260 g/mol. The molecule has 3 nitrogen and oxygen atoms in total. The van der Waals surface area contributed by atoms with Crippen LogP contribution in [0.3, 0.4) is 0 Å². The molecule has 1 heterocycles. The van der Waals surface area contributed by atoms with Crippen LogP contribution < -0.4 is 5.32 Å².